The molecule has 0 aliphatic carbocycles. The van der Waals surface area contributed by atoms with Gasteiger partial charge in [-0.25, -0.2) is 4.98 Å². The third-order valence-electron chi connectivity index (χ3n) is 5.29. The van der Waals surface area contributed by atoms with E-state index in [-0.39, 0.29) is 11.5 Å². The molecule has 0 aromatic carbocycles. The number of anilines is 1. The topological polar surface area (TPSA) is 57.9 Å². The molecule has 2 aliphatic heterocycles. The van der Waals surface area contributed by atoms with Crippen LogP contribution in [0.25, 0.3) is 11.7 Å². The molecule has 0 atom stereocenters. The first-order valence-electron chi connectivity index (χ1n) is 10.1. The quantitative estimate of drug-likeness (QED) is 0.535. The van der Waals surface area contributed by atoms with E-state index in [2.05, 4.69) is 11.8 Å². The second kappa shape index (κ2) is 8.67. The average Bonchev–Trinajstić information content (AvgIpc) is 3.01. The monoisotopic (exact) mass is 428 g/mol. The Bertz CT molecular complexity index is 1040. The second-order valence-electron chi connectivity index (χ2n) is 7.32. The summed E-state index contributed by atoms with van der Waals surface area (Å²) >= 11 is 6.68. The maximum atomic E-state index is 13.3. The molecule has 2 aromatic heterocycles. The van der Waals surface area contributed by atoms with Crippen LogP contribution >= 0.6 is 24.0 Å². The molecule has 0 saturated carbocycles. The van der Waals surface area contributed by atoms with Crippen molar-refractivity contribution in [3.8, 4) is 0 Å². The number of hydrogen-bond donors (Lipinski definition) is 0. The van der Waals surface area contributed by atoms with E-state index >= 15 is 0 Å². The minimum Gasteiger partial charge on any atom is -0.356 e. The number of unbranched alkanes of at least 4 members (excludes halogenated alkanes) is 1. The minimum absolute atomic E-state index is 0.115. The van der Waals surface area contributed by atoms with E-state index in [0.29, 0.717) is 32.8 Å². The molecule has 0 unspecified atom stereocenters. The summed E-state index contributed by atoms with van der Waals surface area (Å²) in [5, 5.41) is 0. The molecule has 0 radical (unpaired) electrons. The number of piperidine rings is 1. The normalized spacial score (nSPS) is 19.0. The molecule has 29 heavy (non-hydrogen) atoms. The van der Waals surface area contributed by atoms with Crippen LogP contribution in [0.5, 0.6) is 0 Å². The molecule has 0 bridgehead atoms. The van der Waals surface area contributed by atoms with Crippen molar-refractivity contribution in [2.45, 2.75) is 39.0 Å². The molecule has 8 heteroatoms. The lowest BCUT2D eigenvalue weighted by Gasteiger charge is -2.29. The molecule has 4 heterocycles. The number of hydrogen-bond acceptors (Lipinski definition) is 6. The number of thioether (sulfide) groups is 1. The maximum absolute atomic E-state index is 13.3. The first-order valence-corrected chi connectivity index (χ1v) is 11.3. The fourth-order valence-corrected chi connectivity index (χ4v) is 4.99. The van der Waals surface area contributed by atoms with E-state index in [9.17, 15) is 9.59 Å². The van der Waals surface area contributed by atoms with Crippen molar-refractivity contribution in [1.29, 1.82) is 0 Å². The number of thiocarbonyl (C=S) groups is 1. The fraction of sp³-hybridized carbons (Fsp3) is 0.429. The van der Waals surface area contributed by atoms with E-state index in [1.54, 1.807) is 17.2 Å². The van der Waals surface area contributed by atoms with Gasteiger partial charge in [0.25, 0.3) is 11.5 Å². The highest BCUT2D eigenvalue weighted by Gasteiger charge is 2.32. The standard InChI is InChI=1S/C21H24N4O2S2/c1-2-3-12-25-20(27)16(29-21(25)28)14-15-18(23-10-6-4-7-11-23)22-17-9-5-8-13-24(17)19(15)26/h5,8-9,13-14H,2-4,6-7,10-12H2,1H3/b16-14+. The number of nitrogens with zero attached hydrogens (tertiary/aromatic N) is 4. The Labute approximate surface area is 179 Å². The summed E-state index contributed by atoms with van der Waals surface area (Å²) in [5.41, 5.74) is 0.923. The molecule has 2 aliphatic rings. The van der Waals surface area contributed by atoms with Gasteiger partial charge in [-0.1, -0.05) is 43.4 Å². The van der Waals surface area contributed by atoms with Crippen LogP contribution < -0.4 is 10.5 Å². The van der Waals surface area contributed by atoms with Gasteiger partial charge in [0.1, 0.15) is 15.8 Å². The Morgan fingerprint density at radius 2 is 2.00 bits per heavy atom. The lowest BCUT2D eigenvalue weighted by Crippen LogP contribution is -2.33. The number of fused-ring (bicyclic) bond motifs is 1. The predicted octanol–water partition coefficient (Wildman–Crippen LogP) is 3.69. The number of rotatable bonds is 5. The summed E-state index contributed by atoms with van der Waals surface area (Å²) in [7, 11) is 0. The van der Waals surface area contributed by atoms with E-state index in [1.165, 1.54) is 22.6 Å². The van der Waals surface area contributed by atoms with Crippen molar-refractivity contribution in [3.63, 3.8) is 0 Å². The van der Waals surface area contributed by atoms with E-state index < -0.39 is 0 Å². The number of carbonyl (C=O) groups excluding carboxylic acids is 1. The van der Waals surface area contributed by atoms with Crippen LogP contribution in [0.3, 0.4) is 0 Å². The van der Waals surface area contributed by atoms with Crippen LogP contribution in [0.1, 0.15) is 44.6 Å². The number of aromatic nitrogens is 2. The summed E-state index contributed by atoms with van der Waals surface area (Å²) in [6, 6.07) is 5.52. The van der Waals surface area contributed by atoms with Gasteiger partial charge in [0.2, 0.25) is 0 Å². The van der Waals surface area contributed by atoms with Crippen molar-refractivity contribution < 1.29 is 4.79 Å². The van der Waals surface area contributed by atoms with Crippen LogP contribution in [0, 0.1) is 0 Å². The molecular formula is C21H24N4O2S2. The molecular weight excluding hydrogens is 404 g/mol. The molecule has 2 saturated heterocycles. The molecule has 0 spiro atoms. The van der Waals surface area contributed by atoms with Crippen molar-refractivity contribution in [2.75, 3.05) is 24.5 Å². The van der Waals surface area contributed by atoms with Crippen LogP contribution in [0.2, 0.25) is 0 Å². The van der Waals surface area contributed by atoms with Gasteiger partial charge in [0, 0.05) is 25.8 Å². The highest BCUT2D eigenvalue weighted by molar-refractivity contribution is 8.26. The van der Waals surface area contributed by atoms with Gasteiger partial charge in [0.15, 0.2) is 0 Å². The number of pyridine rings is 1. The SMILES string of the molecule is CCCCN1C(=O)/C(=C\c2c(N3CCCCC3)nc3ccccn3c2=O)SC1=S. The van der Waals surface area contributed by atoms with Crippen LogP contribution in [-0.4, -0.2) is 44.1 Å². The van der Waals surface area contributed by atoms with Gasteiger partial charge in [-0.15, -0.1) is 0 Å². The van der Waals surface area contributed by atoms with Gasteiger partial charge in [-0.2, -0.15) is 0 Å². The summed E-state index contributed by atoms with van der Waals surface area (Å²) in [5.74, 6) is 0.551. The first-order chi connectivity index (χ1) is 14.1. The second-order valence-corrected chi connectivity index (χ2v) is 8.99. The average molecular weight is 429 g/mol. The Morgan fingerprint density at radius 3 is 2.76 bits per heavy atom. The summed E-state index contributed by atoms with van der Waals surface area (Å²) in [6.45, 7) is 4.44. The van der Waals surface area contributed by atoms with Crippen molar-refractivity contribution >= 4 is 51.7 Å². The van der Waals surface area contributed by atoms with Crippen molar-refractivity contribution in [2.24, 2.45) is 0 Å². The first kappa shape index (κ1) is 20.1. The van der Waals surface area contributed by atoms with E-state index in [4.69, 9.17) is 17.2 Å². The van der Waals surface area contributed by atoms with E-state index in [0.717, 1.165) is 38.8 Å². The molecule has 0 N–H and O–H groups in total. The summed E-state index contributed by atoms with van der Waals surface area (Å²) in [6.07, 6.45) is 8.65. The number of carbonyl (C=O) groups is 1. The molecule has 152 valence electrons. The van der Waals surface area contributed by atoms with E-state index in [1.807, 2.05) is 18.2 Å². The highest BCUT2D eigenvalue weighted by Crippen LogP contribution is 2.34. The number of amides is 1. The van der Waals surface area contributed by atoms with Crippen LogP contribution in [0.15, 0.2) is 34.1 Å². The molecule has 4 rings (SSSR count). The van der Waals surface area contributed by atoms with Gasteiger partial charge in [-0.3, -0.25) is 18.9 Å². The maximum Gasteiger partial charge on any atom is 0.267 e. The largest absolute Gasteiger partial charge is 0.356 e. The highest BCUT2D eigenvalue weighted by atomic mass is 32.2. The van der Waals surface area contributed by atoms with Gasteiger partial charge < -0.3 is 4.90 Å². The fourth-order valence-electron chi connectivity index (χ4n) is 3.70. The van der Waals surface area contributed by atoms with Gasteiger partial charge >= 0.3 is 0 Å². The van der Waals surface area contributed by atoms with Crippen molar-refractivity contribution in [3.05, 3.63) is 45.2 Å². The zero-order chi connectivity index (χ0) is 20.4. The summed E-state index contributed by atoms with van der Waals surface area (Å²) < 4.78 is 2.10. The lowest BCUT2D eigenvalue weighted by atomic mass is 10.1. The third kappa shape index (κ3) is 3.96. The molecule has 2 aromatic rings. The lowest BCUT2D eigenvalue weighted by molar-refractivity contribution is -0.122. The van der Waals surface area contributed by atoms with Crippen molar-refractivity contribution in [1.82, 2.24) is 14.3 Å². The molecule has 6 nitrogen and oxygen atoms in total. The minimum atomic E-state index is -0.157. The van der Waals surface area contributed by atoms with Gasteiger partial charge in [0.05, 0.1) is 10.5 Å². The molecule has 2 fully saturated rings. The Morgan fingerprint density at radius 1 is 1.21 bits per heavy atom. The molecule has 1 amide bonds. The zero-order valence-electron chi connectivity index (χ0n) is 16.5. The van der Waals surface area contributed by atoms with Crippen LogP contribution in [0.4, 0.5) is 5.82 Å². The Hall–Kier alpha value is -2.19. The predicted molar refractivity (Wildman–Crippen MR) is 122 cm³/mol. The Balaban J connectivity index is 1.81. The summed E-state index contributed by atoms with van der Waals surface area (Å²) in [4.78, 5) is 35.3. The Kier molecular flexibility index (Phi) is 6.01. The third-order valence-corrected chi connectivity index (χ3v) is 6.67. The van der Waals surface area contributed by atoms with Crippen LogP contribution in [-0.2, 0) is 4.79 Å². The zero-order valence-corrected chi connectivity index (χ0v) is 18.1. The smallest absolute Gasteiger partial charge is 0.267 e. The van der Waals surface area contributed by atoms with Gasteiger partial charge in [-0.05, 0) is 43.9 Å².